The lowest BCUT2D eigenvalue weighted by molar-refractivity contribution is -0.385. The highest BCUT2D eigenvalue weighted by molar-refractivity contribution is 5.94. The number of benzene rings is 2. The van der Waals surface area contributed by atoms with E-state index >= 15 is 0 Å². The summed E-state index contributed by atoms with van der Waals surface area (Å²) in [5.41, 5.74) is 2.82. The first kappa shape index (κ1) is 21.0. The quantitative estimate of drug-likeness (QED) is 0.415. The second kappa shape index (κ2) is 9.21. The number of aromatic nitrogens is 2. The summed E-state index contributed by atoms with van der Waals surface area (Å²) in [6, 6.07) is 13.8. The molecule has 2 aromatic carbocycles. The lowest BCUT2D eigenvalue weighted by atomic mass is 10.1. The van der Waals surface area contributed by atoms with E-state index in [2.05, 4.69) is 5.10 Å². The van der Waals surface area contributed by atoms with Crippen LogP contribution in [0.25, 0.3) is 0 Å². The summed E-state index contributed by atoms with van der Waals surface area (Å²) in [5, 5.41) is 15.3. The van der Waals surface area contributed by atoms with Crippen molar-refractivity contribution in [3.8, 4) is 5.75 Å². The van der Waals surface area contributed by atoms with Crippen LogP contribution < -0.4 is 4.74 Å². The van der Waals surface area contributed by atoms with Gasteiger partial charge in [-0.05, 0) is 49.7 Å². The zero-order valence-electron chi connectivity index (χ0n) is 17.2. The number of aryl methyl sites for hydroxylation is 2. The lowest BCUT2D eigenvalue weighted by Gasteiger charge is -2.16. The number of hydrogen-bond donors (Lipinski definition) is 0. The van der Waals surface area contributed by atoms with E-state index in [1.165, 1.54) is 6.07 Å². The molecule has 1 aromatic heterocycles. The summed E-state index contributed by atoms with van der Waals surface area (Å²) in [5.74, 6) is 0.438. The van der Waals surface area contributed by atoms with E-state index in [0.717, 1.165) is 17.8 Å². The van der Waals surface area contributed by atoms with Gasteiger partial charge in [-0.2, -0.15) is 5.10 Å². The van der Waals surface area contributed by atoms with Crippen molar-refractivity contribution in [1.82, 2.24) is 14.7 Å². The van der Waals surface area contributed by atoms with E-state index in [1.807, 2.05) is 36.0 Å². The first-order chi connectivity index (χ1) is 14.4. The Bertz CT molecular complexity index is 1060. The molecule has 0 aliphatic heterocycles. The summed E-state index contributed by atoms with van der Waals surface area (Å²) in [6.45, 7) is 5.15. The van der Waals surface area contributed by atoms with Crippen LogP contribution in [0.15, 0.2) is 54.7 Å². The van der Waals surface area contributed by atoms with Crippen LogP contribution in [0, 0.1) is 17.0 Å². The minimum absolute atomic E-state index is 0.0572. The van der Waals surface area contributed by atoms with Crippen molar-refractivity contribution in [2.24, 2.45) is 0 Å². The van der Waals surface area contributed by atoms with Crippen molar-refractivity contribution in [2.45, 2.75) is 33.5 Å². The summed E-state index contributed by atoms with van der Waals surface area (Å²) in [7, 11) is 1.75. The lowest BCUT2D eigenvalue weighted by Crippen LogP contribution is -2.26. The van der Waals surface area contributed by atoms with Crippen molar-refractivity contribution in [1.29, 1.82) is 0 Å². The van der Waals surface area contributed by atoms with Crippen LogP contribution in [-0.2, 0) is 19.7 Å². The molecule has 8 heteroatoms. The van der Waals surface area contributed by atoms with Gasteiger partial charge in [0.1, 0.15) is 12.4 Å². The molecule has 3 rings (SSSR count). The second-order valence-electron chi connectivity index (χ2n) is 7.02. The third-order valence-corrected chi connectivity index (χ3v) is 4.71. The molecule has 0 saturated carbocycles. The Morgan fingerprint density at radius 1 is 1.23 bits per heavy atom. The summed E-state index contributed by atoms with van der Waals surface area (Å²) in [6.07, 6.45) is 1.89. The molecule has 30 heavy (non-hydrogen) atoms. The van der Waals surface area contributed by atoms with Gasteiger partial charge in [-0.15, -0.1) is 0 Å². The van der Waals surface area contributed by atoms with Gasteiger partial charge in [-0.3, -0.25) is 19.6 Å². The predicted octanol–water partition coefficient (Wildman–Crippen LogP) is 3.97. The number of nitrogens with zero attached hydrogens (tertiary/aromatic N) is 4. The molecule has 0 saturated heterocycles. The molecular formula is C22H24N4O4. The Kier molecular flexibility index (Phi) is 6.46. The van der Waals surface area contributed by atoms with E-state index in [1.54, 1.807) is 43.1 Å². The van der Waals surface area contributed by atoms with Crippen molar-refractivity contribution in [2.75, 3.05) is 7.05 Å². The van der Waals surface area contributed by atoms with Crippen LogP contribution in [0.5, 0.6) is 5.75 Å². The first-order valence-electron chi connectivity index (χ1n) is 9.62. The molecule has 0 radical (unpaired) electrons. The normalized spacial score (nSPS) is 10.6. The highest BCUT2D eigenvalue weighted by Crippen LogP contribution is 2.24. The molecule has 0 aliphatic carbocycles. The molecule has 0 unspecified atom stereocenters. The number of hydrogen-bond acceptors (Lipinski definition) is 5. The number of nitro benzene ring substituents is 1. The van der Waals surface area contributed by atoms with E-state index < -0.39 is 4.92 Å². The second-order valence-corrected chi connectivity index (χ2v) is 7.02. The SMILES string of the molecule is CCn1ccc(CN(C)C(=O)c2cccc(COc3ccc([N+](=O)[O-])c(C)c3)c2)n1. The van der Waals surface area contributed by atoms with Gasteiger partial charge in [0.25, 0.3) is 11.6 Å². The molecule has 0 fully saturated rings. The fourth-order valence-electron chi connectivity index (χ4n) is 3.08. The molecule has 3 aromatic rings. The topological polar surface area (TPSA) is 90.5 Å². The molecule has 8 nitrogen and oxygen atoms in total. The average Bonchev–Trinajstić information content (AvgIpc) is 3.19. The largest absolute Gasteiger partial charge is 0.489 e. The first-order valence-corrected chi connectivity index (χ1v) is 9.62. The van der Waals surface area contributed by atoms with Gasteiger partial charge in [0.05, 0.1) is 17.2 Å². The Labute approximate surface area is 174 Å². The fourth-order valence-corrected chi connectivity index (χ4v) is 3.08. The molecule has 0 atom stereocenters. The highest BCUT2D eigenvalue weighted by atomic mass is 16.6. The van der Waals surface area contributed by atoms with Gasteiger partial charge in [0, 0.05) is 37.0 Å². The van der Waals surface area contributed by atoms with Gasteiger partial charge in [0.15, 0.2) is 0 Å². The maximum absolute atomic E-state index is 12.8. The van der Waals surface area contributed by atoms with Gasteiger partial charge >= 0.3 is 0 Å². The zero-order chi connectivity index (χ0) is 21.7. The third-order valence-electron chi connectivity index (χ3n) is 4.71. The summed E-state index contributed by atoms with van der Waals surface area (Å²) in [4.78, 5) is 24.9. The maximum atomic E-state index is 12.8. The average molecular weight is 408 g/mol. The number of ether oxygens (including phenoxy) is 1. The smallest absolute Gasteiger partial charge is 0.272 e. The molecular weight excluding hydrogens is 384 g/mol. The van der Waals surface area contributed by atoms with Gasteiger partial charge in [-0.25, -0.2) is 0 Å². The van der Waals surface area contributed by atoms with Crippen LogP contribution in [0.1, 0.15) is 34.1 Å². The van der Waals surface area contributed by atoms with Crippen LogP contribution in [-0.4, -0.2) is 32.6 Å². The van der Waals surface area contributed by atoms with Crippen LogP contribution >= 0.6 is 0 Å². The molecule has 0 N–H and O–H groups in total. The molecule has 0 bridgehead atoms. The van der Waals surface area contributed by atoms with E-state index in [-0.39, 0.29) is 18.2 Å². The number of carbonyl (C=O) groups excluding carboxylic acids is 1. The molecule has 0 spiro atoms. The third kappa shape index (κ3) is 5.02. The van der Waals surface area contributed by atoms with Crippen LogP contribution in [0.2, 0.25) is 0 Å². The van der Waals surface area contributed by atoms with Crippen LogP contribution in [0.4, 0.5) is 5.69 Å². The highest BCUT2D eigenvalue weighted by Gasteiger charge is 2.14. The zero-order valence-corrected chi connectivity index (χ0v) is 17.2. The number of nitro groups is 1. The van der Waals surface area contributed by atoms with Crippen molar-refractivity contribution >= 4 is 11.6 Å². The number of rotatable bonds is 8. The van der Waals surface area contributed by atoms with Crippen LogP contribution in [0.3, 0.4) is 0 Å². The summed E-state index contributed by atoms with van der Waals surface area (Å²) >= 11 is 0. The number of amides is 1. The Morgan fingerprint density at radius 3 is 2.70 bits per heavy atom. The Balaban J connectivity index is 1.64. The molecule has 1 heterocycles. The van der Waals surface area contributed by atoms with Crippen molar-refractivity contribution in [3.05, 3.63) is 87.2 Å². The maximum Gasteiger partial charge on any atom is 0.272 e. The number of carbonyl (C=O) groups is 1. The van der Waals surface area contributed by atoms with E-state index in [4.69, 9.17) is 4.74 Å². The minimum atomic E-state index is -0.419. The monoisotopic (exact) mass is 408 g/mol. The fraction of sp³-hybridized carbons (Fsp3) is 0.273. The molecule has 1 amide bonds. The summed E-state index contributed by atoms with van der Waals surface area (Å²) < 4.78 is 7.58. The van der Waals surface area contributed by atoms with Gasteiger partial charge < -0.3 is 9.64 Å². The Morgan fingerprint density at radius 2 is 2.03 bits per heavy atom. The van der Waals surface area contributed by atoms with E-state index in [9.17, 15) is 14.9 Å². The van der Waals surface area contributed by atoms with Gasteiger partial charge in [-0.1, -0.05) is 12.1 Å². The van der Waals surface area contributed by atoms with Gasteiger partial charge in [0.2, 0.25) is 0 Å². The van der Waals surface area contributed by atoms with E-state index in [0.29, 0.717) is 23.4 Å². The molecule has 0 aliphatic rings. The van der Waals surface area contributed by atoms with Crippen molar-refractivity contribution in [3.63, 3.8) is 0 Å². The standard InChI is InChI=1S/C22H24N4O4/c1-4-25-11-10-19(23-25)14-24(3)22(27)18-7-5-6-17(13-18)15-30-20-8-9-21(26(28)29)16(2)12-20/h5-13H,4,14-15H2,1-3H3. The molecule has 156 valence electrons. The Hall–Kier alpha value is -3.68. The minimum Gasteiger partial charge on any atom is -0.489 e. The van der Waals surface area contributed by atoms with Crippen molar-refractivity contribution < 1.29 is 14.5 Å². The predicted molar refractivity (Wildman–Crippen MR) is 112 cm³/mol.